The van der Waals surface area contributed by atoms with Gasteiger partial charge in [-0.3, -0.25) is 9.69 Å². The molecule has 0 saturated carbocycles. The molecular weight excluding hydrogens is 582 g/mol. The maximum atomic E-state index is 13.7. The van der Waals surface area contributed by atoms with Gasteiger partial charge >= 0.3 is 0 Å². The fourth-order valence-corrected chi connectivity index (χ4v) is 7.17. The summed E-state index contributed by atoms with van der Waals surface area (Å²) in [7, 11) is -3.68. The van der Waals surface area contributed by atoms with E-state index >= 15 is 0 Å². The van der Waals surface area contributed by atoms with Crippen molar-refractivity contribution in [2.75, 3.05) is 18.0 Å². The zero-order valence-corrected chi connectivity index (χ0v) is 22.6. The Kier molecular flexibility index (Phi) is 7.87. The zero-order valence-electron chi connectivity index (χ0n) is 18.6. The third-order valence-corrected chi connectivity index (χ3v) is 9.50. The molecule has 1 aromatic heterocycles. The molecule has 4 rings (SSSR count). The van der Waals surface area contributed by atoms with Gasteiger partial charge in [-0.05, 0) is 71.6 Å². The summed E-state index contributed by atoms with van der Waals surface area (Å²) in [5.41, 5.74) is 1.01. The summed E-state index contributed by atoms with van der Waals surface area (Å²) < 4.78 is 29.2. The predicted octanol–water partition coefficient (Wildman–Crippen LogP) is 5.80. The minimum absolute atomic E-state index is 0.0317. The highest BCUT2D eigenvalue weighted by Crippen LogP contribution is 2.33. The van der Waals surface area contributed by atoms with E-state index in [1.807, 2.05) is 55.5 Å². The first-order chi connectivity index (χ1) is 16.3. The fraction of sp³-hybridized carbons (Fsp3) is 0.280. The minimum Gasteiger partial charge on any atom is -0.289 e. The van der Waals surface area contributed by atoms with Gasteiger partial charge in [0.25, 0.3) is 0 Å². The van der Waals surface area contributed by atoms with Gasteiger partial charge in [-0.2, -0.15) is 4.31 Å². The van der Waals surface area contributed by atoms with Gasteiger partial charge in [0.05, 0.1) is 10.9 Å². The molecule has 6 nitrogen and oxygen atoms in total. The Bertz CT molecular complexity index is 1250. The number of carbonyl (C=O) groups is 1. The van der Waals surface area contributed by atoms with Crippen molar-refractivity contribution in [1.29, 1.82) is 0 Å². The lowest BCUT2D eigenvalue weighted by molar-refractivity contribution is -0.124. The van der Waals surface area contributed by atoms with Crippen LogP contribution in [0.25, 0.3) is 0 Å². The van der Waals surface area contributed by atoms with E-state index in [1.54, 1.807) is 29.3 Å². The normalized spacial score (nSPS) is 16.2. The Hall–Kier alpha value is -2.07. The van der Waals surface area contributed by atoms with Crippen LogP contribution < -0.4 is 4.90 Å². The molecule has 0 spiro atoms. The molecule has 2 heterocycles. The van der Waals surface area contributed by atoms with E-state index in [9.17, 15) is 13.2 Å². The molecule has 1 atom stereocenters. The number of rotatable bonds is 6. The molecule has 0 N–H and O–H groups in total. The number of sulfonamides is 1. The highest BCUT2D eigenvalue weighted by atomic mass is 79.9. The average Bonchev–Trinajstić information content (AvgIpc) is 2.86. The lowest BCUT2D eigenvalue weighted by atomic mass is 9.95. The molecule has 1 fully saturated rings. The van der Waals surface area contributed by atoms with Crippen molar-refractivity contribution in [1.82, 2.24) is 9.29 Å². The van der Waals surface area contributed by atoms with Gasteiger partial charge in [0.2, 0.25) is 15.9 Å². The SMILES string of the molecule is CC(c1ccccc1)N(C(=O)C1CCN(S(=O)(=O)c2cc(Br)ccc2Br)CC1)c1ccccn1. The van der Waals surface area contributed by atoms with Gasteiger partial charge in [-0.1, -0.05) is 52.3 Å². The molecule has 9 heteroatoms. The minimum atomic E-state index is -3.68. The summed E-state index contributed by atoms with van der Waals surface area (Å²) in [5.74, 6) is 0.276. The van der Waals surface area contributed by atoms with Gasteiger partial charge in [0.15, 0.2) is 0 Å². The van der Waals surface area contributed by atoms with E-state index in [4.69, 9.17) is 0 Å². The molecule has 0 aliphatic carbocycles. The third-order valence-electron chi connectivity index (χ3n) is 6.12. The number of hydrogen-bond donors (Lipinski definition) is 0. The maximum absolute atomic E-state index is 13.7. The summed E-state index contributed by atoms with van der Waals surface area (Å²) in [6.07, 6.45) is 2.58. The van der Waals surface area contributed by atoms with Crippen molar-refractivity contribution in [3.05, 3.63) is 87.4 Å². The molecule has 0 bridgehead atoms. The third kappa shape index (κ3) is 5.27. The number of piperidine rings is 1. The van der Waals surface area contributed by atoms with Crippen molar-refractivity contribution < 1.29 is 13.2 Å². The van der Waals surface area contributed by atoms with Crippen LogP contribution in [-0.2, 0) is 14.8 Å². The number of nitrogens with zero attached hydrogens (tertiary/aromatic N) is 3. The Balaban J connectivity index is 1.54. The summed E-state index contributed by atoms with van der Waals surface area (Å²) in [5, 5.41) is 0. The van der Waals surface area contributed by atoms with E-state index < -0.39 is 10.0 Å². The molecule has 1 aliphatic rings. The van der Waals surface area contributed by atoms with Crippen LogP contribution in [0.4, 0.5) is 5.82 Å². The van der Waals surface area contributed by atoms with Crippen LogP contribution in [0, 0.1) is 5.92 Å². The molecule has 0 radical (unpaired) electrons. The van der Waals surface area contributed by atoms with Crippen molar-refractivity contribution >= 4 is 53.6 Å². The van der Waals surface area contributed by atoms with Crippen LogP contribution in [0.1, 0.15) is 31.4 Å². The van der Waals surface area contributed by atoms with Gasteiger partial charge < -0.3 is 0 Å². The fourth-order valence-electron chi connectivity index (χ4n) is 4.23. The second kappa shape index (κ2) is 10.7. The number of amides is 1. The van der Waals surface area contributed by atoms with E-state index in [1.165, 1.54) is 4.31 Å². The number of carbonyl (C=O) groups excluding carboxylic acids is 1. The van der Waals surface area contributed by atoms with Crippen molar-refractivity contribution in [2.24, 2.45) is 5.92 Å². The van der Waals surface area contributed by atoms with E-state index in [2.05, 4.69) is 36.8 Å². The van der Waals surface area contributed by atoms with Crippen LogP contribution in [-0.4, -0.2) is 36.7 Å². The first-order valence-electron chi connectivity index (χ1n) is 11.0. The number of halogens is 2. The monoisotopic (exact) mass is 605 g/mol. The van der Waals surface area contributed by atoms with Crippen molar-refractivity contribution in [3.63, 3.8) is 0 Å². The molecule has 1 aliphatic heterocycles. The van der Waals surface area contributed by atoms with Crippen LogP contribution in [0.2, 0.25) is 0 Å². The van der Waals surface area contributed by atoms with E-state index in [-0.39, 0.29) is 35.9 Å². The summed E-state index contributed by atoms with van der Waals surface area (Å²) in [4.78, 5) is 20.2. The van der Waals surface area contributed by atoms with Crippen LogP contribution >= 0.6 is 31.9 Å². The molecule has 34 heavy (non-hydrogen) atoms. The number of aromatic nitrogens is 1. The first-order valence-corrected chi connectivity index (χ1v) is 14.1. The highest BCUT2D eigenvalue weighted by molar-refractivity contribution is 9.11. The summed E-state index contributed by atoms with van der Waals surface area (Å²) in [6, 6.07) is 20.3. The molecule has 2 aromatic carbocycles. The number of hydrogen-bond acceptors (Lipinski definition) is 4. The van der Waals surface area contributed by atoms with E-state index in [0.717, 1.165) is 5.56 Å². The molecular formula is C25H25Br2N3O3S. The average molecular weight is 607 g/mol. The second-order valence-corrected chi connectivity index (χ2v) is 11.9. The zero-order chi connectivity index (χ0) is 24.3. The Morgan fingerprint density at radius 3 is 2.35 bits per heavy atom. The van der Waals surface area contributed by atoms with Crippen LogP contribution in [0.3, 0.4) is 0 Å². The Labute approximate surface area is 217 Å². The maximum Gasteiger partial charge on any atom is 0.244 e. The molecule has 1 amide bonds. The van der Waals surface area contributed by atoms with E-state index in [0.29, 0.717) is 27.6 Å². The number of pyridine rings is 1. The standard InChI is InChI=1S/C25H25Br2N3O3S/c1-18(19-7-3-2-4-8-19)30(24-9-5-6-14-28-24)25(31)20-12-15-29(16-13-20)34(32,33)23-17-21(26)10-11-22(23)27/h2-11,14,17-18,20H,12-13,15-16H2,1H3. The topological polar surface area (TPSA) is 70.6 Å². The first kappa shape index (κ1) is 25.0. The Morgan fingerprint density at radius 1 is 1.03 bits per heavy atom. The predicted molar refractivity (Wildman–Crippen MR) is 140 cm³/mol. The lowest BCUT2D eigenvalue weighted by Crippen LogP contribution is -2.45. The number of benzene rings is 2. The van der Waals surface area contributed by atoms with Crippen LogP contribution in [0.15, 0.2) is 86.8 Å². The smallest absolute Gasteiger partial charge is 0.244 e. The summed E-state index contributed by atoms with van der Waals surface area (Å²) >= 11 is 6.71. The number of anilines is 1. The van der Waals surface area contributed by atoms with Gasteiger partial charge in [0.1, 0.15) is 5.82 Å². The Morgan fingerprint density at radius 2 is 1.71 bits per heavy atom. The van der Waals surface area contributed by atoms with Crippen LogP contribution in [0.5, 0.6) is 0 Å². The molecule has 3 aromatic rings. The van der Waals surface area contributed by atoms with Gasteiger partial charge in [-0.25, -0.2) is 13.4 Å². The van der Waals surface area contributed by atoms with Crippen molar-refractivity contribution in [2.45, 2.75) is 30.7 Å². The summed E-state index contributed by atoms with van der Waals surface area (Å²) in [6.45, 7) is 2.56. The van der Waals surface area contributed by atoms with Gasteiger partial charge in [-0.15, -0.1) is 0 Å². The quantitative estimate of drug-likeness (QED) is 0.355. The second-order valence-electron chi connectivity index (χ2n) is 8.24. The van der Waals surface area contributed by atoms with Gasteiger partial charge in [0, 0.05) is 34.1 Å². The van der Waals surface area contributed by atoms with Crippen molar-refractivity contribution in [3.8, 4) is 0 Å². The molecule has 1 unspecified atom stereocenters. The molecule has 1 saturated heterocycles. The molecule has 178 valence electrons. The highest BCUT2D eigenvalue weighted by Gasteiger charge is 2.36. The lowest BCUT2D eigenvalue weighted by Gasteiger charge is -2.36. The largest absolute Gasteiger partial charge is 0.289 e.